The van der Waals surface area contributed by atoms with Gasteiger partial charge in [-0.1, -0.05) is 12.2 Å². The van der Waals surface area contributed by atoms with E-state index in [-0.39, 0.29) is 12.3 Å². The molecule has 8 heteroatoms. The van der Waals surface area contributed by atoms with Gasteiger partial charge in [-0.05, 0) is 0 Å². The summed E-state index contributed by atoms with van der Waals surface area (Å²) in [5.41, 5.74) is 0. The Balaban J connectivity index is 4.23. The van der Waals surface area contributed by atoms with Crippen molar-refractivity contribution in [1.82, 2.24) is 0 Å². The molecule has 0 atom stereocenters. The van der Waals surface area contributed by atoms with E-state index in [1.807, 2.05) is 0 Å². The van der Waals surface area contributed by atoms with Gasteiger partial charge in [0, 0.05) is 28.4 Å². The Labute approximate surface area is 96.0 Å². The van der Waals surface area contributed by atoms with Crippen molar-refractivity contribution in [3.05, 3.63) is 12.2 Å². The molecule has 0 radical (unpaired) electrons. The molecule has 0 aromatic rings. The van der Waals surface area contributed by atoms with Crippen LogP contribution in [0.15, 0.2) is 12.2 Å². The Morgan fingerprint density at radius 2 is 1.00 bits per heavy atom. The second-order valence-electron chi connectivity index (χ2n) is 2.79. The molecule has 0 saturated carbocycles. The van der Waals surface area contributed by atoms with Gasteiger partial charge in [-0.3, -0.25) is 9.13 Å². The predicted octanol–water partition coefficient (Wildman–Crippen LogP) is 2.51. The van der Waals surface area contributed by atoms with E-state index in [9.17, 15) is 9.13 Å². The van der Waals surface area contributed by atoms with Crippen LogP contribution in [-0.4, -0.2) is 40.8 Å². The van der Waals surface area contributed by atoms with Crippen molar-refractivity contribution in [3.8, 4) is 0 Å². The number of hydrogen-bond donors (Lipinski definition) is 0. The largest absolute Gasteiger partial charge is 0.333 e. The minimum atomic E-state index is -3.04. The summed E-state index contributed by atoms with van der Waals surface area (Å²) in [6, 6.07) is 0. The van der Waals surface area contributed by atoms with Gasteiger partial charge in [-0.15, -0.1) is 0 Å². The summed E-state index contributed by atoms with van der Waals surface area (Å²) in [4.78, 5) is 0. The summed E-state index contributed by atoms with van der Waals surface area (Å²) in [5, 5.41) is 0. The second kappa shape index (κ2) is 7.38. The Hall–Kier alpha value is 0.0400. The minimum absolute atomic E-state index is 0.118. The summed E-state index contributed by atoms with van der Waals surface area (Å²) in [5.74, 6) is 0. The van der Waals surface area contributed by atoms with Crippen LogP contribution >= 0.6 is 15.2 Å². The van der Waals surface area contributed by atoms with Crippen molar-refractivity contribution in [3.63, 3.8) is 0 Å². The van der Waals surface area contributed by atoms with Gasteiger partial charge in [0.15, 0.2) is 0 Å². The first-order valence-corrected chi connectivity index (χ1v) is 7.97. The van der Waals surface area contributed by atoms with Crippen LogP contribution < -0.4 is 0 Å². The van der Waals surface area contributed by atoms with Crippen molar-refractivity contribution in [2.75, 3.05) is 40.8 Å². The van der Waals surface area contributed by atoms with E-state index < -0.39 is 15.2 Å². The summed E-state index contributed by atoms with van der Waals surface area (Å²) in [7, 11) is -0.825. The van der Waals surface area contributed by atoms with E-state index in [1.165, 1.54) is 28.4 Å². The first-order valence-electron chi connectivity index (χ1n) is 4.51. The van der Waals surface area contributed by atoms with Gasteiger partial charge in [0.25, 0.3) is 0 Å². The van der Waals surface area contributed by atoms with Crippen LogP contribution in [0.2, 0.25) is 0 Å². The normalized spacial score (nSPS) is 13.5. The fourth-order valence-electron chi connectivity index (χ4n) is 0.854. The molecule has 0 amide bonds. The lowest BCUT2D eigenvalue weighted by Gasteiger charge is -2.12. The van der Waals surface area contributed by atoms with Crippen LogP contribution in [0, 0.1) is 0 Å². The molecular formula is C8H18O6P2. The highest BCUT2D eigenvalue weighted by Gasteiger charge is 2.20. The summed E-state index contributed by atoms with van der Waals surface area (Å²) in [6.07, 6.45) is 3.37. The fourth-order valence-corrected chi connectivity index (χ4v) is 2.56. The summed E-state index contributed by atoms with van der Waals surface area (Å²) < 4.78 is 42.1. The molecule has 16 heavy (non-hydrogen) atoms. The molecule has 0 aromatic heterocycles. The van der Waals surface area contributed by atoms with Crippen LogP contribution in [0.25, 0.3) is 0 Å². The molecule has 0 aromatic carbocycles. The predicted molar refractivity (Wildman–Crippen MR) is 62.1 cm³/mol. The number of rotatable bonds is 8. The van der Waals surface area contributed by atoms with E-state index in [0.29, 0.717) is 0 Å². The maximum Gasteiger partial charge on any atom is 0.333 e. The van der Waals surface area contributed by atoms with Crippen LogP contribution in [0.5, 0.6) is 0 Å². The number of allylic oxidation sites excluding steroid dienone is 2. The second-order valence-corrected chi connectivity index (χ2v) is 7.42. The SMILES string of the molecule is COP(=O)(C/C=C/CP(=O)(OC)OC)OC. The first kappa shape index (κ1) is 16.0. The smallest absolute Gasteiger partial charge is 0.312 e. The van der Waals surface area contributed by atoms with E-state index >= 15 is 0 Å². The lowest BCUT2D eigenvalue weighted by molar-refractivity contribution is 0.277. The van der Waals surface area contributed by atoms with Gasteiger partial charge in [0.2, 0.25) is 0 Å². The molecule has 0 fully saturated rings. The third-order valence-electron chi connectivity index (χ3n) is 1.94. The van der Waals surface area contributed by atoms with Crippen LogP contribution in [0.1, 0.15) is 0 Å². The van der Waals surface area contributed by atoms with Crippen LogP contribution in [0.4, 0.5) is 0 Å². The molecule has 0 spiro atoms. The zero-order valence-corrected chi connectivity index (χ0v) is 11.7. The maximum absolute atomic E-state index is 11.6. The zero-order chi connectivity index (χ0) is 12.7. The monoisotopic (exact) mass is 272 g/mol. The standard InChI is InChI=1S/C8H18O6P2/c1-11-15(9,12-2)7-5-6-8-16(10,13-3)14-4/h5-6H,7-8H2,1-4H3/b6-5+. The maximum atomic E-state index is 11.6. The Morgan fingerprint density at radius 3 is 1.19 bits per heavy atom. The van der Waals surface area contributed by atoms with Crippen molar-refractivity contribution in [1.29, 1.82) is 0 Å². The lowest BCUT2D eigenvalue weighted by atomic mass is 10.6. The highest BCUT2D eigenvalue weighted by molar-refractivity contribution is 7.54. The van der Waals surface area contributed by atoms with Crippen LogP contribution in [0.3, 0.4) is 0 Å². The molecule has 0 aliphatic carbocycles. The Bertz CT molecular complexity index is 268. The minimum Gasteiger partial charge on any atom is -0.312 e. The highest BCUT2D eigenvalue weighted by Crippen LogP contribution is 2.48. The van der Waals surface area contributed by atoms with Gasteiger partial charge >= 0.3 is 15.2 Å². The van der Waals surface area contributed by atoms with E-state index in [1.54, 1.807) is 12.2 Å². The molecule has 0 bridgehead atoms. The van der Waals surface area contributed by atoms with Gasteiger partial charge in [0.1, 0.15) is 0 Å². The van der Waals surface area contributed by atoms with E-state index in [0.717, 1.165) is 0 Å². The van der Waals surface area contributed by atoms with Gasteiger partial charge in [0.05, 0.1) is 12.3 Å². The summed E-state index contributed by atoms with van der Waals surface area (Å²) in [6.45, 7) is 0. The molecule has 0 rings (SSSR count). The van der Waals surface area contributed by atoms with Crippen molar-refractivity contribution in [2.24, 2.45) is 0 Å². The fraction of sp³-hybridized carbons (Fsp3) is 0.750. The topological polar surface area (TPSA) is 71.1 Å². The van der Waals surface area contributed by atoms with Gasteiger partial charge in [-0.25, -0.2) is 0 Å². The molecule has 96 valence electrons. The van der Waals surface area contributed by atoms with Crippen LogP contribution in [-0.2, 0) is 27.2 Å². The molecular weight excluding hydrogens is 254 g/mol. The lowest BCUT2D eigenvalue weighted by Crippen LogP contribution is -1.94. The van der Waals surface area contributed by atoms with Gasteiger partial charge < -0.3 is 18.1 Å². The van der Waals surface area contributed by atoms with Crippen molar-refractivity contribution in [2.45, 2.75) is 0 Å². The van der Waals surface area contributed by atoms with E-state index in [2.05, 4.69) is 0 Å². The third kappa shape index (κ3) is 5.39. The molecule has 6 nitrogen and oxygen atoms in total. The molecule has 0 saturated heterocycles. The molecule has 0 unspecified atom stereocenters. The summed E-state index contributed by atoms with van der Waals surface area (Å²) >= 11 is 0. The Kier molecular flexibility index (Phi) is 7.40. The molecule has 0 aliphatic heterocycles. The van der Waals surface area contributed by atoms with Crippen molar-refractivity contribution < 1.29 is 27.2 Å². The molecule has 0 N–H and O–H groups in total. The average molecular weight is 272 g/mol. The quantitative estimate of drug-likeness (QED) is 0.499. The Morgan fingerprint density at radius 1 is 0.750 bits per heavy atom. The molecule has 0 aliphatic rings. The van der Waals surface area contributed by atoms with Gasteiger partial charge in [-0.2, -0.15) is 0 Å². The third-order valence-corrected chi connectivity index (χ3v) is 5.48. The highest BCUT2D eigenvalue weighted by atomic mass is 31.2. The molecule has 0 heterocycles. The average Bonchev–Trinajstić information content (AvgIpc) is 2.34. The number of hydrogen-bond acceptors (Lipinski definition) is 6. The van der Waals surface area contributed by atoms with E-state index in [4.69, 9.17) is 18.1 Å². The van der Waals surface area contributed by atoms with Crippen molar-refractivity contribution >= 4 is 15.2 Å². The first-order chi connectivity index (χ1) is 7.45. The zero-order valence-electron chi connectivity index (χ0n) is 9.91.